The third kappa shape index (κ3) is 3.44. The topological polar surface area (TPSA) is 91.3 Å². The lowest BCUT2D eigenvalue weighted by molar-refractivity contribution is -0.131. The van der Waals surface area contributed by atoms with E-state index in [9.17, 15) is 13.2 Å². The summed E-state index contributed by atoms with van der Waals surface area (Å²) in [5.74, 6) is 0.0144. The highest BCUT2D eigenvalue weighted by Gasteiger charge is 2.33. The summed E-state index contributed by atoms with van der Waals surface area (Å²) in [5, 5.41) is 5.27. The fourth-order valence-electron chi connectivity index (χ4n) is 3.99. The quantitative estimate of drug-likeness (QED) is 0.701. The van der Waals surface area contributed by atoms with Crippen LogP contribution < -0.4 is 0 Å². The number of hydrogen-bond acceptors (Lipinski definition) is 4. The van der Waals surface area contributed by atoms with Crippen molar-refractivity contribution in [1.82, 2.24) is 24.0 Å². The zero-order valence-corrected chi connectivity index (χ0v) is 17.7. The van der Waals surface area contributed by atoms with Gasteiger partial charge in [-0.25, -0.2) is 8.42 Å². The van der Waals surface area contributed by atoms with Crippen LogP contribution >= 0.6 is 0 Å². The first-order valence-electron chi connectivity index (χ1n) is 9.62. The minimum atomic E-state index is -3.62. The molecule has 154 valence electrons. The summed E-state index contributed by atoms with van der Waals surface area (Å²) in [6.07, 6.45) is 2.18. The molecule has 4 rings (SSSR count). The van der Waals surface area contributed by atoms with Gasteiger partial charge in [-0.15, -0.1) is 0 Å². The van der Waals surface area contributed by atoms with Crippen molar-refractivity contribution in [3.63, 3.8) is 0 Å². The van der Waals surface area contributed by atoms with Crippen molar-refractivity contribution >= 4 is 26.8 Å². The number of benzene rings is 1. The number of para-hydroxylation sites is 1. The van der Waals surface area contributed by atoms with E-state index >= 15 is 0 Å². The van der Waals surface area contributed by atoms with Crippen molar-refractivity contribution < 1.29 is 13.2 Å². The highest BCUT2D eigenvalue weighted by molar-refractivity contribution is 7.89. The molecule has 0 spiro atoms. The van der Waals surface area contributed by atoms with Gasteiger partial charge in [-0.3, -0.25) is 9.48 Å². The number of nitrogens with one attached hydrogen (secondary N) is 1. The molecule has 0 atom stereocenters. The van der Waals surface area contributed by atoms with E-state index in [1.807, 2.05) is 30.5 Å². The van der Waals surface area contributed by atoms with E-state index in [2.05, 4.69) is 10.1 Å². The van der Waals surface area contributed by atoms with Gasteiger partial charge in [0, 0.05) is 50.3 Å². The van der Waals surface area contributed by atoms with Crippen molar-refractivity contribution in [2.75, 3.05) is 26.2 Å². The fraction of sp³-hybridized carbons (Fsp3) is 0.400. The summed E-state index contributed by atoms with van der Waals surface area (Å²) in [7, 11) is -1.88. The first kappa shape index (κ1) is 19.7. The molecule has 0 saturated carbocycles. The van der Waals surface area contributed by atoms with Crippen LogP contribution in [0.25, 0.3) is 10.9 Å². The number of aromatic nitrogens is 3. The lowest BCUT2D eigenvalue weighted by atomic mass is 10.1. The molecule has 1 aromatic carbocycles. The second-order valence-corrected chi connectivity index (χ2v) is 9.32. The van der Waals surface area contributed by atoms with Gasteiger partial charge in [-0.2, -0.15) is 9.40 Å². The van der Waals surface area contributed by atoms with Crippen LogP contribution in [0.2, 0.25) is 0 Å². The molecule has 1 N–H and O–H groups in total. The third-order valence-corrected chi connectivity index (χ3v) is 7.80. The molecule has 0 bridgehead atoms. The Morgan fingerprint density at radius 1 is 1.14 bits per heavy atom. The van der Waals surface area contributed by atoms with Gasteiger partial charge in [0.25, 0.3) is 0 Å². The maximum atomic E-state index is 13.1. The van der Waals surface area contributed by atoms with E-state index in [4.69, 9.17) is 0 Å². The van der Waals surface area contributed by atoms with Gasteiger partial charge in [0.05, 0.1) is 17.8 Å². The molecule has 0 unspecified atom stereocenters. The SMILES string of the molecule is Cc1nn(C)c(C)c1S(=O)(=O)N1CCN(C(=O)Cc2c[nH]c3ccccc23)CC1. The van der Waals surface area contributed by atoms with Gasteiger partial charge >= 0.3 is 0 Å². The highest BCUT2D eigenvalue weighted by atomic mass is 32.2. The minimum absolute atomic E-state index is 0.0144. The molecule has 1 fully saturated rings. The molecule has 8 nitrogen and oxygen atoms in total. The first-order chi connectivity index (χ1) is 13.8. The van der Waals surface area contributed by atoms with Crippen LogP contribution in [0.15, 0.2) is 35.4 Å². The monoisotopic (exact) mass is 415 g/mol. The van der Waals surface area contributed by atoms with Crippen molar-refractivity contribution in [3.8, 4) is 0 Å². The van der Waals surface area contributed by atoms with Gasteiger partial charge in [0.15, 0.2) is 0 Å². The Hall–Kier alpha value is -2.65. The highest BCUT2D eigenvalue weighted by Crippen LogP contribution is 2.24. The molecule has 1 amide bonds. The first-order valence-corrected chi connectivity index (χ1v) is 11.1. The van der Waals surface area contributed by atoms with Crippen LogP contribution in [-0.2, 0) is 28.3 Å². The molecular weight excluding hydrogens is 390 g/mol. The van der Waals surface area contributed by atoms with Gasteiger partial charge in [-0.05, 0) is 25.5 Å². The molecule has 3 heterocycles. The number of hydrogen-bond donors (Lipinski definition) is 1. The molecule has 9 heteroatoms. The normalized spacial score (nSPS) is 15.9. The van der Waals surface area contributed by atoms with Gasteiger partial charge < -0.3 is 9.88 Å². The van der Waals surface area contributed by atoms with Crippen LogP contribution in [0, 0.1) is 13.8 Å². The Labute approximate surface area is 170 Å². The smallest absolute Gasteiger partial charge is 0.246 e. The zero-order valence-electron chi connectivity index (χ0n) is 16.8. The number of H-pyrrole nitrogens is 1. The summed E-state index contributed by atoms with van der Waals surface area (Å²) in [5.41, 5.74) is 3.10. The maximum absolute atomic E-state index is 13.1. The Morgan fingerprint density at radius 2 is 1.83 bits per heavy atom. The van der Waals surface area contributed by atoms with Crippen LogP contribution in [0.3, 0.4) is 0 Å². The molecule has 2 aromatic heterocycles. The van der Waals surface area contributed by atoms with Gasteiger partial charge in [-0.1, -0.05) is 18.2 Å². The zero-order chi connectivity index (χ0) is 20.8. The molecule has 3 aromatic rings. The van der Waals surface area contributed by atoms with Crippen LogP contribution in [0.1, 0.15) is 17.0 Å². The Morgan fingerprint density at radius 3 is 2.48 bits per heavy atom. The molecular formula is C20H25N5O3S. The van der Waals surface area contributed by atoms with E-state index in [0.717, 1.165) is 16.5 Å². The fourth-order valence-corrected chi connectivity index (χ4v) is 5.81. The molecule has 1 aliphatic rings. The third-order valence-electron chi connectivity index (χ3n) is 5.65. The van der Waals surface area contributed by atoms with Crippen molar-refractivity contribution in [2.45, 2.75) is 25.2 Å². The number of amides is 1. The Bertz CT molecular complexity index is 1170. The Balaban J connectivity index is 1.44. The molecule has 1 saturated heterocycles. The number of aromatic amines is 1. The number of aryl methyl sites for hydroxylation is 2. The molecule has 0 radical (unpaired) electrons. The van der Waals surface area contributed by atoms with E-state index in [1.54, 1.807) is 30.5 Å². The summed E-state index contributed by atoms with van der Waals surface area (Å²) in [6, 6.07) is 7.89. The lowest BCUT2D eigenvalue weighted by Crippen LogP contribution is -2.51. The molecule has 29 heavy (non-hydrogen) atoms. The molecule has 1 aliphatic heterocycles. The summed E-state index contributed by atoms with van der Waals surface area (Å²) >= 11 is 0. The van der Waals surface area contributed by atoms with E-state index < -0.39 is 10.0 Å². The van der Waals surface area contributed by atoms with Crippen molar-refractivity contribution in [3.05, 3.63) is 47.4 Å². The number of carbonyl (C=O) groups excluding carboxylic acids is 1. The van der Waals surface area contributed by atoms with Gasteiger partial charge in [0.2, 0.25) is 15.9 Å². The maximum Gasteiger partial charge on any atom is 0.246 e. The summed E-state index contributed by atoms with van der Waals surface area (Å²) < 4.78 is 29.2. The largest absolute Gasteiger partial charge is 0.361 e. The number of sulfonamides is 1. The summed E-state index contributed by atoms with van der Waals surface area (Å²) in [4.78, 5) is 18.0. The predicted octanol–water partition coefficient (Wildman–Crippen LogP) is 1.59. The molecule has 0 aliphatic carbocycles. The standard InChI is InChI=1S/C20H25N5O3S/c1-14-20(15(2)23(3)22-14)29(27,28)25-10-8-24(9-11-25)19(26)12-16-13-21-18-7-5-4-6-17(16)18/h4-7,13,21H,8-12H2,1-3H3. The minimum Gasteiger partial charge on any atom is -0.361 e. The van der Waals surface area contributed by atoms with Crippen molar-refractivity contribution in [1.29, 1.82) is 0 Å². The second-order valence-electron chi connectivity index (χ2n) is 7.44. The van der Waals surface area contributed by atoms with Crippen LogP contribution in [0.4, 0.5) is 0 Å². The number of carbonyl (C=O) groups is 1. The predicted molar refractivity (Wildman–Crippen MR) is 110 cm³/mol. The Kier molecular flexibility index (Phi) is 4.95. The van der Waals surface area contributed by atoms with Crippen LogP contribution in [-0.4, -0.2) is 64.5 Å². The second kappa shape index (κ2) is 7.31. The van der Waals surface area contributed by atoms with Crippen molar-refractivity contribution in [2.24, 2.45) is 7.05 Å². The lowest BCUT2D eigenvalue weighted by Gasteiger charge is -2.34. The van der Waals surface area contributed by atoms with Crippen LogP contribution in [0.5, 0.6) is 0 Å². The number of piperazine rings is 1. The average molecular weight is 416 g/mol. The van der Waals surface area contributed by atoms with E-state index in [1.165, 1.54) is 4.31 Å². The van der Waals surface area contributed by atoms with E-state index in [-0.39, 0.29) is 23.9 Å². The average Bonchev–Trinajstić information content (AvgIpc) is 3.22. The number of rotatable bonds is 4. The number of nitrogens with zero attached hydrogens (tertiary/aromatic N) is 4. The van der Waals surface area contributed by atoms with Gasteiger partial charge in [0.1, 0.15) is 4.90 Å². The number of fused-ring (bicyclic) bond motifs is 1. The summed E-state index contributed by atoms with van der Waals surface area (Å²) in [6.45, 7) is 4.82. The van der Waals surface area contributed by atoms with E-state index in [0.29, 0.717) is 30.9 Å².